The number of aliphatic hydroxyl groups excluding tert-OH is 1. The Hall–Kier alpha value is -2.99. The van der Waals surface area contributed by atoms with E-state index in [1.54, 1.807) is 10.7 Å². The van der Waals surface area contributed by atoms with Crippen molar-refractivity contribution >= 4 is 27.5 Å². The topological polar surface area (TPSA) is 138 Å². The van der Waals surface area contributed by atoms with Gasteiger partial charge in [-0.15, -0.1) is 5.10 Å². The molecule has 2 aromatic rings. The van der Waals surface area contributed by atoms with Crippen LogP contribution >= 0.6 is 0 Å². The fourth-order valence-corrected chi connectivity index (χ4v) is 6.88. The number of carbonyl (C=O) groups excluding carboxylic acids is 2. The first-order chi connectivity index (χ1) is 18.0. The molecule has 1 aromatic carbocycles. The zero-order chi connectivity index (χ0) is 27.2. The first kappa shape index (κ1) is 26.6. The quantitative estimate of drug-likeness (QED) is 0.510. The number of sulfonamides is 1. The van der Waals surface area contributed by atoms with Crippen LogP contribution in [0.25, 0.3) is 0 Å². The molecule has 2 aliphatic heterocycles. The highest BCUT2D eigenvalue weighted by molar-refractivity contribution is 7.92. The van der Waals surface area contributed by atoms with Crippen LogP contribution in [0.5, 0.6) is 0 Å². The van der Waals surface area contributed by atoms with Crippen LogP contribution < -0.4 is 9.62 Å². The molecule has 2 amide bonds. The van der Waals surface area contributed by atoms with Crippen LogP contribution in [-0.4, -0.2) is 82.8 Å². The molecule has 2 N–H and O–H groups in total. The summed E-state index contributed by atoms with van der Waals surface area (Å²) in [6.45, 7) is 6.10. The van der Waals surface area contributed by atoms with Gasteiger partial charge in [-0.1, -0.05) is 44.2 Å². The molecule has 11 nitrogen and oxygen atoms in total. The second-order valence-electron chi connectivity index (χ2n) is 11.6. The van der Waals surface area contributed by atoms with Crippen molar-refractivity contribution in [1.29, 1.82) is 0 Å². The van der Waals surface area contributed by atoms with Crippen LogP contribution in [0.4, 0.5) is 5.69 Å². The number of carbonyl (C=O) groups is 2. The van der Waals surface area contributed by atoms with E-state index in [0.29, 0.717) is 24.6 Å². The number of β-amino-alcohol motifs (C(OH)–C–C–N with tert-alkyl or cyclic N) is 1. The Kier molecular flexibility index (Phi) is 6.97. The highest BCUT2D eigenvalue weighted by Crippen LogP contribution is 2.40. The maximum Gasteiger partial charge on any atom is 0.248 e. The van der Waals surface area contributed by atoms with Gasteiger partial charge in [0, 0.05) is 38.2 Å². The molecule has 2 fully saturated rings. The standard InChI is InChI=1S/C26H36N6O5S/c1-26(2,3)23(31-16-20(28-29-31)17-8-9-17)25(35)30-15-19(33)14-22(30)24(34)27-11-13-38(36,37)32-12-10-18-6-4-5-7-21(18)32/h4-7,16-17,19,22-23,33H,8-15H2,1-3H3,(H,27,34)/t19?,22?,23-/m1/s1. The number of hydrogen-bond acceptors (Lipinski definition) is 7. The molecule has 3 aliphatic rings. The number of anilines is 1. The van der Waals surface area contributed by atoms with Crippen molar-refractivity contribution in [3.63, 3.8) is 0 Å². The minimum Gasteiger partial charge on any atom is -0.391 e. The molecule has 1 aromatic heterocycles. The summed E-state index contributed by atoms with van der Waals surface area (Å²) >= 11 is 0. The van der Waals surface area contributed by atoms with Crippen molar-refractivity contribution < 1.29 is 23.1 Å². The number of rotatable bonds is 8. The van der Waals surface area contributed by atoms with Crippen LogP contribution in [0, 0.1) is 5.41 Å². The van der Waals surface area contributed by atoms with Gasteiger partial charge in [0.25, 0.3) is 0 Å². The molecule has 3 atom stereocenters. The molecule has 38 heavy (non-hydrogen) atoms. The lowest BCUT2D eigenvalue weighted by Crippen LogP contribution is -2.51. The lowest BCUT2D eigenvalue weighted by molar-refractivity contribution is -0.144. The third kappa shape index (κ3) is 5.28. The van der Waals surface area contributed by atoms with Gasteiger partial charge >= 0.3 is 0 Å². The summed E-state index contributed by atoms with van der Waals surface area (Å²) < 4.78 is 29.0. The van der Waals surface area contributed by atoms with E-state index >= 15 is 0 Å². The van der Waals surface area contributed by atoms with Crippen molar-refractivity contribution in [2.24, 2.45) is 5.41 Å². The number of nitrogens with zero attached hydrogens (tertiary/aromatic N) is 5. The van der Waals surface area contributed by atoms with E-state index in [1.807, 2.05) is 45.2 Å². The molecule has 2 unspecified atom stereocenters. The number of amides is 2. The fourth-order valence-electron chi connectivity index (χ4n) is 5.45. The second kappa shape index (κ2) is 9.96. The number of nitrogens with one attached hydrogen (secondary N) is 1. The Balaban J connectivity index is 1.25. The highest BCUT2D eigenvalue weighted by Gasteiger charge is 2.45. The van der Waals surface area contributed by atoms with Gasteiger partial charge in [0.05, 0.1) is 23.2 Å². The van der Waals surface area contributed by atoms with E-state index < -0.39 is 39.5 Å². The third-order valence-corrected chi connectivity index (χ3v) is 9.32. The highest BCUT2D eigenvalue weighted by atomic mass is 32.2. The van der Waals surface area contributed by atoms with E-state index in [4.69, 9.17) is 0 Å². The minimum atomic E-state index is -3.63. The number of likely N-dealkylation sites (tertiary alicyclic amines) is 1. The Morgan fingerprint density at radius 2 is 1.95 bits per heavy atom. The van der Waals surface area contributed by atoms with E-state index in [2.05, 4.69) is 15.6 Å². The largest absolute Gasteiger partial charge is 0.391 e. The average Bonchev–Trinajstić information content (AvgIpc) is 3.24. The second-order valence-corrected chi connectivity index (χ2v) is 13.6. The van der Waals surface area contributed by atoms with Crippen molar-refractivity contribution in [3.05, 3.63) is 41.7 Å². The SMILES string of the molecule is CC(C)(C)[C@@H](C(=O)N1CC(O)CC1C(=O)NCCS(=O)(=O)N1CCc2ccccc21)n1cc(C2CC2)nn1. The van der Waals surface area contributed by atoms with E-state index in [1.165, 1.54) is 9.21 Å². The predicted octanol–water partition coefficient (Wildman–Crippen LogP) is 1.21. The number of fused-ring (bicyclic) bond motifs is 1. The van der Waals surface area contributed by atoms with E-state index in [9.17, 15) is 23.1 Å². The Morgan fingerprint density at radius 1 is 1.21 bits per heavy atom. The number of benzene rings is 1. The van der Waals surface area contributed by atoms with Crippen molar-refractivity contribution in [2.45, 2.75) is 70.6 Å². The van der Waals surface area contributed by atoms with Gasteiger partial charge in [0.15, 0.2) is 0 Å². The maximum absolute atomic E-state index is 13.8. The molecule has 0 spiro atoms. The molecule has 1 saturated heterocycles. The molecular formula is C26H36N6O5S. The van der Waals surface area contributed by atoms with Crippen molar-refractivity contribution in [2.75, 3.05) is 29.7 Å². The Labute approximate surface area is 223 Å². The Morgan fingerprint density at radius 3 is 2.66 bits per heavy atom. The molecule has 1 aliphatic carbocycles. The van der Waals surface area contributed by atoms with Gasteiger partial charge in [-0.05, 0) is 36.3 Å². The summed E-state index contributed by atoms with van der Waals surface area (Å²) in [4.78, 5) is 28.4. The van der Waals surface area contributed by atoms with Gasteiger partial charge in [-0.3, -0.25) is 13.9 Å². The van der Waals surface area contributed by atoms with Gasteiger partial charge in [0.2, 0.25) is 21.8 Å². The lowest BCUT2D eigenvalue weighted by Gasteiger charge is -2.34. The third-order valence-electron chi connectivity index (χ3n) is 7.55. The zero-order valence-corrected chi connectivity index (χ0v) is 22.9. The summed E-state index contributed by atoms with van der Waals surface area (Å²) in [5.41, 5.74) is 2.00. The van der Waals surface area contributed by atoms with Crippen molar-refractivity contribution in [3.8, 4) is 0 Å². The van der Waals surface area contributed by atoms with Crippen LogP contribution in [0.15, 0.2) is 30.5 Å². The predicted molar refractivity (Wildman–Crippen MR) is 141 cm³/mol. The molecule has 3 heterocycles. The van der Waals surface area contributed by atoms with Gasteiger partial charge < -0.3 is 15.3 Å². The van der Waals surface area contributed by atoms with E-state index in [0.717, 1.165) is 24.1 Å². The van der Waals surface area contributed by atoms with Crippen LogP contribution in [0.3, 0.4) is 0 Å². The summed E-state index contributed by atoms with van der Waals surface area (Å²) in [6.07, 6.45) is 3.83. The minimum absolute atomic E-state index is 0.0243. The van der Waals surface area contributed by atoms with Gasteiger partial charge in [0.1, 0.15) is 12.1 Å². The molecule has 12 heteroatoms. The van der Waals surface area contributed by atoms with Gasteiger partial charge in [-0.25, -0.2) is 13.1 Å². The monoisotopic (exact) mass is 544 g/mol. The fraction of sp³-hybridized carbons (Fsp3) is 0.615. The lowest BCUT2D eigenvalue weighted by atomic mass is 9.85. The summed E-state index contributed by atoms with van der Waals surface area (Å²) in [7, 11) is -3.63. The maximum atomic E-state index is 13.8. The molecular weight excluding hydrogens is 508 g/mol. The molecule has 5 rings (SSSR count). The first-order valence-electron chi connectivity index (χ1n) is 13.2. The zero-order valence-electron chi connectivity index (χ0n) is 22.1. The van der Waals surface area contributed by atoms with E-state index in [-0.39, 0.29) is 31.2 Å². The Bertz CT molecular complexity index is 1320. The van der Waals surface area contributed by atoms with Crippen LogP contribution in [-0.2, 0) is 26.0 Å². The molecule has 0 radical (unpaired) electrons. The summed E-state index contributed by atoms with van der Waals surface area (Å²) in [5, 5.41) is 21.6. The number of hydrogen-bond donors (Lipinski definition) is 2. The number of para-hydroxylation sites is 1. The molecule has 206 valence electrons. The first-order valence-corrected chi connectivity index (χ1v) is 14.8. The summed E-state index contributed by atoms with van der Waals surface area (Å²) in [5.74, 6) is -0.666. The normalized spacial score (nSPS) is 22.4. The molecule has 1 saturated carbocycles. The molecule has 0 bridgehead atoms. The summed E-state index contributed by atoms with van der Waals surface area (Å²) in [6, 6.07) is 5.79. The van der Waals surface area contributed by atoms with Crippen LogP contribution in [0.2, 0.25) is 0 Å². The van der Waals surface area contributed by atoms with Gasteiger partial charge in [-0.2, -0.15) is 0 Å². The number of aliphatic hydroxyl groups is 1. The number of aromatic nitrogens is 3. The van der Waals surface area contributed by atoms with Crippen LogP contribution in [0.1, 0.15) is 63.3 Å². The average molecular weight is 545 g/mol. The smallest absolute Gasteiger partial charge is 0.248 e. The van der Waals surface area contributed by atoms with Crippen molar-refractivity contribution in [1.82, 2.24) is 25.2 Å².